The van der Waals surface area contributed by atoms with E-state index in [1.165, 1.54) is 0 Å². The van der Waals surface area contributed by atoms with Gasteiger partial charge in [0.25, 0.3) is 0 Å². The van der Waals surface area contributed by atoms with Crippen molar-refractivity contribution >= 4 is 9.84 Å². The molecule has 0 radical (unpaired) electrons. The molecule has 0 aliphatic carbocycles. The van der Waals surface area contributed by atoms with Crippen LogP contribution in [-0.2, 0) is 9.84 Å². The van der Waals surface area contributed by atoms with E-state index in [4.69, 9.17) is 0 Å². The molecule has 1 aliphatic rings. The fourth-order valence-corrected chi connectivity index (χ4v) is 3.31. The Morgan fingerprint density at radius 1 is 1.43 bits per heavy atom. The molecule has 1 aliphatic heterocycles. The van der Waals surface area contributed by atoms with E-state index in [-0.39, 0.29) is 17.8 Å². The third-order valence-electron chi connectivity index (χ3n) is 2.69. The summed E-state index contributed by atoms with van der Waals surface area (Å²) in [4.78, 5) is 0. The summed E-state index contributed by atoms with van der Waals surface area (Å²) >= 11 is 0. The lowest BCUT2D eigenvalue weighted by Gasteiger charge is -2.27. The average molecular weight is 221 g/mol. The number of nitrogens with one attached hydrogen (secondary N) is 1. The molecule has 0 aromatic carbocycles. The van der Waals surface area contributed by atoms with E-state index < -0.39 is 15.9 Å². The van der Waals surface area contributed by atoms with Crippen molar-refractivity contribution in [3.05, 3.63) is 0 Å². The average Bonchev–Trinajstić information content (AvgIpc) is 2.01. The molecule has 5 heteroatoms. The largest absolute Gasteiger partial charge is 0.392 e. The summed E-state index contributed by atoms with van der Waals surface area (Å²) in [6, 6.07) is -0.0355. The second-order valence-electron chi connectivity index (χ2n) is 4.15. The summed E-state index contributed by atoms with van der Waals surface area (Å²) in [6.07, 6.45) is 1.17. The maximum atomic E-state index is 11.3. The number of aliphatic hydroxyl groups excluding tert-OH is 1. The van der Waals surface area contributed by atoms with Crippen molar-refractivity contribution in [2.45, 2.75) is 44.9 Å². The maximum Gasteiger partial charge on any atom is 0.151 e. The first-order chi connectivity index (χ1) is 6.41. The first-order valence-corrected chi connectivity index (χ1v) is 6.87. The lowest BCUT2D eigenvalue weighted by atomic mass is 10.1. The van der Waals surface area contributed by atoms with Crippen LogP contribution in [0.15, 0.2) is 0 Å². The van der Waals surface area contributed by atoms with Crippen LogP contribution in [0.1, 0.15) is 26.7 Å². The van der Waals surface area contributed by atoms with Gasteiger partial charge >= 0.3 is 0 Å². The highest BCUT2D eigenvalue weighted by Crippen LogP contribution is 2.12. The second-order valence-corrected chi connectivity index (χ2v) is 6.38. The molecule has 0 saturated carbocycles. The molecule has 1 rings (SSSR count). The maximum absolute atomic E-state index is 11.3. The van der Waals surface area contributed by atoms with Crippen LogP contribution in [0.2, 0.25) is 0 Å². The normalized spacial score (nSPS) is 30.9. The standard InChI is InChI=1S/C9H19NO3S/c1-7(8(2)11)10-9-4-3-5-14(12,13)6-9/h7-11H,3-6H2,1-2H3. The van der Waals surface area contributed by atoms with Gasteiger partial charge in [0, 0.05) is 12.1 Å². The first-order valence-electron chi connectivity index (χ1n) is 5.05. The summed E-state index contributed by atoms with van der Waals surface area (Å²) in [5.41, 5.74) is 0. The van der Waals surface area contributed by atoms with Crippen molar-refractivity contribution in [2.75, 3.05) is 11.5 Å². The van der Waals surface area contributed by atoms with Crippen molar-refractivity contribution in [3.63, 3.8) is 0 Å². The van der Waals surface area contributed by atoms with Crippen LogP contribution in [0.25, 0.3) is 0 Å². The molecule has 1 fully saturated rings. The molecule has 84 valence electrons. The van der Waals surface area contributed by atoms with Gasteiger partial charge in [0.2, 0.25) is 0 Å². The monoisotopic (exact) mass is 221 g/mol. The second kappa shape index (κ2) is 4.59. The van der Waals surface area contributed by atoms with E-state index in [0.29, 0.717) is 5.75 Å². The molecule has 0 amide bonds. The minimum atomic E-state index is -2.85. The number of hydrogen-bond acceptors (Lipinski definition) is 4. The van der Waals surface area contributed by atoms with Gasteiger partial charge in [-0.2, -0.15) is 0 Å². The zero-order valence-corrected chi connectivity index (χ0v) is 9.55. The number of hydrogen-bond donors (Lipinski definition) is 2. The number of rotatable bonds is 3. The van der Waals surface area contributed by atoms with Crippen molar-refractivity contribution in [3.8, 4) is 0 Å². The van der Waals surface area contributed by atoms with Crippen LogP contribution >= 0.6 is 0 Å². The highest BCUT2D eigenvalue weighted by atomic mass is 32.2. The predicted molar refractivity (Wildman–Crippen MR) is 56.0 cm³/mol. The highest BCUT2D eigenvalue weighted by Gasteiger charge is 2.26. The zero-order valence-electron chi connectivity index (χ0n) is 8.73. The van der Waals surface area contributed by atoms with Gasteiger partial charge in [-0.3, -0.25) is 0 Å². The van der Waals surface area contributed by atoms with Gasteiger partial charge in [-0.1, -0.05) is 0 Å². The van der Waals surface area contributed by atoms with Crippen molar-refractivity contribution < 1.29 is 13.5 Å². The van der Waals surface area contributed by atoms with Gasteiger partial charge < -0.3 is 10.4 Å². The van der Waals surface area contributed by atoms with Crippen molar-refractivity contribution in [1.29, 1.82) is 0 Å². The molecular formula is C9H19NO3S. The molecular weight excluding hydrogens is 202 g/mol. The summed E-state index contributed by atoms with van der Waals surface area (Å²) in [5.74, 6) is 0.526. The van der Waals surface area contributed by atoms with Gasteiger partial charge in [-0.05, 0) is 26.7 Å². The van der Waals surface area contributed by atoms with E-state index in [0.717, 1.165) is 12.8 Å². The molecule has 4 nitrogen and oxygen atoms in total. The summed E-state index contributed by atoms with van der Waals surface area (Å²) in [7, 11) is -2.85. The molecule has 0 spiro atoms. The van der Waals surface area contributed by atoms with Crippen molar-refractivity contribution in [2.24, 2.45) is 0 Å². The van der Waals surface area contributed by atoms with Crippen LogP contribution in [0.4, 0.5) is 0 Å². The molecule has 0 bridgehead atoms. The molecule has 3 unspecified atom stereocenters. The Balaban J connectivity index is 2.46. The molecule has 14 heavy (non-hydrogen) atoms. The highest BCUT2D eigenvalue weighted by molar-refractivity contribution is 7.91. The molecule has 1 heterocycles. The van der Waals surface area contributed by atoms with Crippen LogP contribution < -0.4 is 5.32 Å². The third kappa shape index (κ3) is 3.55. The Morgan fingerprint density at radius 3 is 2.57 bits per heavy atom. The minimum absolute atomic E-state index is 0.0124. The lowest BCUT2D eigenvalue weighted by molar-refractivity contribution is 0.146. The Labute approximate surface area is 85.6 Å². The Kier molecular flexibility index (Phi) is 3.92. The topological polar surface area (TPSA) is 66.4 Å². The molecule has 1 saturated heterocycles. The van der Waals surface area contributed by atoms with Crippen molar-refractivity contribution in [1.82, 2.24) is 5.32 Å². The van der Waals surface area contributed by atoms with Gasteiger partial charge in [-0.25, -0.2) is 8.42 Å². The first kappa shape index (κ1) is 11.9. The summed E-state index contributed by atoms with van der Waals surface area (Å²) in [5, 5.41) is 12.4. The van der Waals surface area contributed by atoms with Crippen LogP contribution in [0.3, 0.4) is 0 Å². The van der Waals surface area contributed by atoms with Gasteiger partial charge in [0.15, 0.2) is 9.84 Å². The van der Waals surface area contributed by atoms with Crippen LogP contribution in [0, 0.1) is 0 Å². The Morgan fingerprint density at radius 2 is 2.07 bits per heavy atom. The third-order valence-corrected chi connectivity index (χ3v) is 4.51. The Hall–Kier alpha value is -0.130. The number of aliphatic hydroxyl groups is 1. The minimum Gasteiger partial charge on any atom is -0.392 e. The van der Waals surface area contributed by atoms with Crippen LogP contribution in [-0.4, -0.2) is 43.2 Å². The smallest absolute Gasteiger partial charge is 0.151 e. The predicted octanol–water partition coefficient (Wildman–Crippen LogP) is -0.0775. The quantitative estimate of drug-likeness (QED) is 0.700. The molecule has 2 N–H and O–H groups in total. The lowest BCUT2D eigenvalue weighted by Crippen LogP contribution is -2.47. The van der Waals surface area contributed by atoms with E-state index >= 15 is 0 Å². The number of sulfone groups is 1. The zero-order chi connectivity index (χ0) is 10.8. The van der Waals surface area contributed by atoms with Gasteiger partial charge in [0.05, 0.1) is 17.6 Å². The molecule has 0 aromatic rings. The van der Waals surface area contributed by atoms with Gasteiger partial charge in [0.1, 0.15) is 0 Å². The molecule has 3 atom stereocenters. The SMILES string of the molecule is CC(O)C(C)NC1CCCS(=O)(=O)C1. The van der Waals surface area contributed by atoms with E-state index in [9.17, 15) is 13.5 Å². The van der Waals surface area contributed by atoms with E-state index in [1.807, 2.05) is 6.92 Å². The van der Waals surface area contributed by atoms with Crippen LogP contribution in [0.5, 0.6) is 0 Å². The van der Waals surface area contributed by atoms with Gasteiger partial charge in [-0.15, -0.1) is 0 Å². The van der Waals surface area contributed by atoms with E-state index in [2.05, 4.69) is 5.32 Å². The molecule has 0 aromatic heterocycles. The fraction of sp³-hybridized carbons (Fsp3) is 1.00. The summed E-state index contributed by atoms with van der Waals surface area (Å²) in [6.45, 7) is 3.57. The Bertz CT molecular complexity index is 274. The van der Waals surface area contributed by atoms with E-state index in [1.54, 1.807) is 6.92 Å². The fourth-order valence-electron chi connectivity index (χ4n) is 1.67. The summed E-state index contributed by atoms with van der Waals surface area (Å²) < 4.78 is 22.6.